The number of hydrogen-bond acceptors (Lipinski definition) is 5. The van der Waals surface area contributed by atoms with Crippen molar-refractivity contribution in [2.24, 2.45) is 0 Å². The third-order valence-electron chi connectivity index (χ3n) is 1.98. The number of esters is 1. The highest BCUT2D eigenvalue weighted by atomic mass is 35.5. The predicted molar refractivity (Wildman–Crippen MR) is 65.3 cm³/mol. The van der Waals surface area contributed by atoms with E-state index in [-0.39, 0.29) is 10.8 Å². The Labute approximate surface area is 107 Å². The van der Waals surface area contributed by atoms with E-state index in [1.165, 1.54) is 17.3 Å². The summed E-state index contributed by atoms with van der Waals surface area (Å²) < 4.78 is 5.06. The molecule has 2 heterocycles. The smallest absolute Gasteiger partial charge is 0.358 e. The lowest BCUT2D eigenvalue weighted by Gasteiger charge is -2.02. The lowest BCUT2D eigenvalue weighted by molar-refractivity contribution is 0.0502. The van der Waals surface area contributed by atoms with Crippen molar-refractivity contribution in [2.75, 3.05) is 6.61 Å². The van der Waals surface area contributed by atoms with Crippen LogP contribution in [0.1, 0.15) is 15.4 Å². The molecule has 0 bridgehead atoms. The first-order valence-electron chi connectivity index (χ1n) is 4.93. The third-order valence-corrected chi connectivity index (χ3v) is 3.09. The van der Waals surface area contributed by atoms with E-state index in [9.17, 15) is 4.79 Å². The van der Waals surface area contributed by atoms with E-state index in [0.717, 1.165) is 0 Å². The Kier molecular flexibility index (Phi) is 4.06. The molecule has 0 unspecified atom stereocenters. The minimum Gasteiger partial charge on any atom is -0.461 e. The molecule has 0 saturated heterocycles. The summed E-state index contributed by atoms with van der Waals surface area (Å²) in [6.07, 6.45) is 3.40. The molecule has 0 N–H and O–H groups in total. The molecule has 17 heavy (non-hydrogen) atoms. The van der Waals surface area contributed by atoms with Crippen LogP contribution in [0.25, 0.3) is 0 Å². The quantitative estimate of drug-likeness (QED) is 0.800. The Morgan fingerprint density at radius 3 is 3.06 bits per heavy atom. The van der Waals surface area contributed by atoms with Gasteiger partial charge in [-0.15, -0.1) is 11.3 Å². The maximum absolute atomic E-state index is 11.5. The van der Waals surface area contributed by atoms with Crippen molar-refractivity contribution in [3.05, 3.63) is 45.6 Å². The van der Waals surface area contributed by atoms with Gasteiger partial charge in [0.1, 0.15) is 5.15 Å². The molecule has 6 heteroatoms. The minimum atomic E-state index is -0.503. The van der Waals surface area contributed by atoms with E-state index in [4.69, 9.17) is 16.3 Å². The standard InChI is InChI=1S/C11H9ClN2O2S/c12-10-7-13-6-9(14-10)11(15)16-4-3-8-2-1-5-17-8/h1-2,5-7H,3-4H2. The molecule has 2 aromatic rings. The Morgan fingerprint density at radius 1 is 1.47 bits per heavy atom. The van der Waals surface area contributed by atoms with Crippen LogP contribution in [-0.2, 0) is 11.2 Å². The number of hydrogen-bond donors (Lipinski definition) is 0. The van der Waals surface area contributed by atoms with Gasteiger partial charge in [-0.3, -0.25) is 4.98 Å². The fraction of sp³-hybridized carbons (Fsp3) is 0.182. The van der Waals surface area contributed by atoms with Crippen LogP contribution in [0, 0.1) is 0 Å². The van der Waals surface area contributed by atoms with Crippen molar-refractivity contribution in [3.63, 3.8) is 0 Å². The molecule has 88 valence electrons. The number of ether oxygens (including phenoxy) is 1. The van der Waals surface area contributed by atoms with Gasteiger partial charge in [0.25, 0.3) is 0 Å². The van der Waals surface area contributed by atoms with Crippen LogP contribution in [0.4, 0.5) is 0 Å². The molecular formula is C11H9ClN2O2S. The number of rotatable bonds is 4. The highest BCUT2D eigenvalue weighted by Gasteiger charge is 2.09. The second-order valence-electron chi connectivity index (χ2n) is 3.19. The van der Waals surface area contributed by atoms with E-state index in [1.54, 1.807) is 11.3 Å². The van der Waals surface area contributed by atoms with E-state index >= 15 is 0 Å². The molecule has 0 amide bonds. The number of carbonyl (C=O) groups excluding carboxylic acids is 1. The zero-order valence-corrected chi connectivity index (χ0v) is 10.4. The molecule has 2 rings (SSSR count). The fourth-order valence-corrected chi connectivity index (χ4v) is 2.05. The first kappa shape index (κ1) is 12.0. The van der Waals surface area contributed by atoms with Gasteiger partial charge in [-0.2, -0.15) is 0 Å². The van der Waals surface area contributed by atoms with Gasteiger partial charge in [-0.05, 0) is 11.4 Å². The van der Waals surface area contributed by atoms with Crippen molar-refractivity contribution in [3.8, 4) is 0 Å². The van der Waals surface area contributed by atoms with Crippen LogP contribution in [0.5, 0.6) is 0 Å². The van der Waals surface area contributed by atoms with E-state index in [2.05, 4.69) is 9.97 Å². The van der Waals surface area contributed by atoms with Crippen LogP contribution in [-0.4, -0.2) is 22.5 Å². The third kappa shape index (κ3) is 3.51. The summed E-state index contributed by atoms with van der Waals surface area (Å²) in [6, 6.07) is 3.96. The molecule has 2 aromatic heterocycles. The second-order valence-corrected chi connectivity index (χ2v) is 4.61. The first-order chi connectivity index (χ1) is 8.25. The molecule has 0 aromatic carbocycles. The summed E-state index contributed by atoms with van der Waals surface area (Å²) in [6.45, 7) is 0.327. The van der Waals surface area contributed by atoms with Gasteiger partial charge in [-0.1, -0.05) is 17.7 Å². The molecule has 0 fully saturated rings. The highest BCUT2D eigenvalue weighted by molar-refractivity contribution is 7.09. The molecule has 0 aliphatic heterocycles. The zero-order chi connectivity index (χ0) is 12.1. The number of halogens is 1. The molecule has 0 aliphatic rings. The lowest BCUT2D eigenvalue weighted by Crippen LogP contribution is -2.10. The zero-order valence-electron chi connectivity index (χ0n) is 8.80. The van der Waals surface area contributed by atoms with Crippen molar-refractivity contribution < 1.29 is 9.53 Å². The van der Waals surface area contributed by atoms with Crippen molar-refractivity contribution in [1.82, 2.24) is 9.97 Å². The molecule has 0 saturated carbocycles. The maximum Gasteiger partial charge on any atom is 0.358 e. The van der Waals surface area contributed by atoms with Crippen molar-refractivity contribution >= 4 is 28.9 Å². The molecule has 0 radical (unpaired) electrons. The van der Waals surface area contributed by atoms with Crippen LogP contribution in [0.2, 0.25) is 5.15 Å². The summed E-state index contributed by atoms with van der Waals surface area (Å²) >= 11 is 7.26. The first-order valence-corrected chi connectivity index (χ1v) is 6.18. The molecular weight excluding hydrogens is 260 g/mol. The summed E-state index contributed by atoms with van der Waals surface area (Å²) in [5.74, 6) is -0.503. The molecule has 0 atom stereocenters. The van der Waals surface area contributed by atoms with Crippen LogP contribution in [0.3, 0.4) is 0 Å². The van der Waals surface area contributed by atoms with E-state index in [0.29, 0.717) is 13.0 Å². The Bertz CT molecular complexity index is 502. The van der Waals surface area contributed by atoms with Gasteiger partial charge < -0.3 is 4.74 Å². The fourth-order valence-electron chi connectivity index (χ4n) is 1.21. The summed E-state index contributed by atoms with van der Waals surface area (Å²) in [4.78, 5) is 20.3. The SMILES string of the molecule is O=C(OCCc1cccs1)c1cncc(Cl)n1. The highest BCUT2D eigenvalue weighted by Crippen LogP contribution is 2.09. The molecule has 0 spiro atoms. The van der Waals surface area contributed by atoms with Crippen molar-refractivity contribution in [2.45, 2.75) is 6.42 Å². The molecule has 4 nitrogen and oxygen atoms in total. The van der Waals surface area contributed by atoms with Crippen molar-refractivity contribution in [1.29, 1.82) is 0 Å². The average Bonchev–Trinajstić information content (AvgIpc) is 2.82. The van der Waals surface area contributed by atoms with Gasteiger partial charge in [0.05, 0.1) is 19.0 Å². The summed E-state index contributed by atoms with van der Waals surface area (Å²) in [5, 5.41) is 2.16. The van der Waals surface area contributed by atoms with Crippen LogP contribution < -0.4 is 0 Å². The van der Waals surface area contributed by atoms with Gasteiger partial charge in [0, 0.05) is 11.3 Å². The van der Waals surface area contributed by atoms with Gasteiger partial charge in [0.2, 0.25) is 0 Å². The summed E-state index contributed by atoms with van der Waals surface area (Å²) in [5.41, 5.74) is 0.128. The monoisotopic (exact) mass is 268 g/mol. The number of nitrogens with zero attached hydrogens (tertiary/aromatic N) is 2. The topological polar surface area (TPSA) is 52.1 Å². The lowest BCUT2D eigenvalue weighted by atomic mass is 10.3. The number of thiophene rings is 1. The largest absolute Gasteiger partial charge is 0.461 e. The average molecular weight is 269 g/mol. The van der Waals surface area contributed by atoms with Crippen LogP contribution >= 0.6 is 22.9 Å². The number of carbonyl (C=O) groups is 1. The minimum absolute atomic E-state index is 0.128. The van der Waals surface area contributed by atoms with Gasteiger partial charge >= 0.3 is 5.97 Å². The Morgan fingerprint density at radius 2 is 2.35 bits per heavy atom. The second kappa shape index (κ2) is 5.75. The number of aromatic nitrogens is 2. The Hall–Kier alpha value is -1.46. The van der Waals surface area contributed by atoms with Gasteiger partial charge in [-0.25, -0.2) is 9.78 Å². The van der Waals surface area contributed by atoms with E-state index in [1.807, 2.05) is 17.5 Å². The normalized spacial score (nSPS) is 10.2. The van der Waals surface area contributed by atoms with E-state index < -0.39 is 5.97 Å². The molecule has 0 aliphatic carbocycles. The Balaban J connectivity index is 1.85. The van der Waals surface area contributed by atoms with Gasteiger partial charge in [0.15, 0.2) is 5.69 Å². The summed E-state index contributed by atoms with van der Waals surface area (Å²) in [7, 11) is 0. The van der Waals surface area contributed by atoms with Crippen LogP contribution in [0.15, 0.2) is 29.9 Å². The maximum atomic E-state index is 11.5. The predicted octanol–water partition coefficient (Wildman–Crippen LogP) is 2.59.